The van der Waals surface area contributed by atoms with E-state index in [9.17, 15) is 47.5 Å². The number of carbonyl (C=O) groups excluding carboxylic acids is 3. The fourth-order valence-electron chi connectivity index (χ4n) is 9.05. The number of hydrogen-bond acceptors (Lipinski definition) is 18. The molecule has 3 amide bonds. The molecular formula is C57H50FN21O9. The van der Waals surface area contributed by atoms with E-state index in [-0.39, 0.29) is 70.7 Å². The molecule has 10 aromatic heterocycles. The number of carbonyl (C=O) groups is 3. The number of halogens is 1. The SMILES string of the molecule is Cn1c(=O)c2c(ncn2CC(=O)Nc2ccc(-c3ccc(F)cc3)nn2)n(C)c1=O.Cn1c(=O)c2c(ncn2CC(=O)Nc2ccc(-c3ccccc3)nn2)n(C)c1=O.Cn1c(=O)c2c(ncn2CC(=O)Nc2ccc(-c3ccccn3)cn2)n(C)c1=O. The molecule has 0 radical (unpaired) electrons. The van der Waals surface area contributed by atoms with Crippen molar-refractivity contribution in [2.75, 3.05) is 16.0 Å². The third-order valence-electron chi connectivity index (χ3n) is 13.7. The van der Waals surface area contributed by atoms with E-state index in [1.54, 1.807) is 54.9 Å². The predicted octanol–water partition coefficient (Wildman–Crippen LogP) is 1.73. The highest BCUT2D eigenvalue weighted by molar-refractivity contribution is 5.92. The second-order valence-electron chi connectivity index (χ2n) is 19.5. The highest BCUT2D eigenvalue weighted by Gasteiger charge is 2.20. The first-order valence-corrected chi connectivity index (χ1v) is 26.3. The number of fused-ring (bicyclic) bond motifs is 3. The summed E-state index contributed by atoms with van der Waals surface area (Å²) in [6.45, 7) is -0.509. The summed E-state index contributed by atoms with van der Waals surface area (Å²) in [5.74, 6) is -0.693. The maximum atomic E-state index is 13.0. The molecule has 0 saturated carbocycles. The number of aromatic nitrogens is 18. The van der Waals surface area contributed by atoms with E-state index in [0.717, 1.165) is 30.5 Å². The van der Waals surface area contributed by atoms with E-state index in [4.69, 9.17) is 0 Å². The lowest BCUT2D eigenvalue weighted by Gasteiger charge is -2.08. The minimum atomic E-state index is -0.540. The van der Waals surface area contributed by atoms with Gasteiger partial charge in [0.25, 0.3) is 16.7 Å². The van der Waals surface area contributed by atoms with Gasteiger partial charge in [0.1, 0.15) is 31.3 Å². The van der Waals surface area contributed by atoms with Gasteiger partial charge in [0.15, 0.2) is 45.1 Å². The van der Waals surface area contributed by atoms with Gasteiger partial charge >= 0.3 is 17.1 Å². The number of anilines is 3. The second-order valence-corrected chi connectivity index (χ2v) is 19.5. The van der Waals surface area contributed by atoms with Crippen LogP contribution in [0.1, 0.15) is 0 Å². The van der Waals surface area contributed by atoms with Crippen LogP contribution in [-0.4, -0.2) is 104 Å². The van der Waals surface area contributed by atoms with Gasteiger partial charge in [-0.3, -0.25) is 61.2 Å². The molecule has 31 heteroatoms. The van der Waals surface area contributed by atoms with E-state index in [0.29, 0.717) is 28.6 Å². The molecule has 444 valence electrons. The van der Waals surface area contributed by atoms with Crippen molar-refractivity contribution in [2.45, 2.75) is 19.6 Å². The third kappa shape index (κ3) is 12.2. The summed E-state index contributed by atoms with van der Waals surface area (Å²) in [4.78, 5) is 131. The van der Waals surface area contributed by atoms with Gasteiger partial charge in [-0.05, 0) is 72.8 Å². The molecule has 0 atom stereocenters. The van der Waals surface area contributed by atoms with Crippen molar-refractivity contribution in [3.05, 3.63) is 209 Å². The summed E-state index contributed by atoms with van der Waals surface area (Å²) in [5, 5.41) is 24.1. The van der Waals surface area contributed by atoms with E-state index < -0.39 is 45.6 Å². The van der Waals surface area contributed by atoms with Gasteiger partial charge in [-0.1, -0.05) is 36.4 Å². The predicted molar refractivity (Wildman–Crippen MR) is 319 cm³/mol. The first-order valence-electron chi connectivity index (χ1n) is 26.3. The van der Waals surface area contributed by atoms with Gasteiger partial charge in [0, 0.05) is 71.4 Å². The van der Waals surface area contributed by atoms with Crippen molar-refractivity contribution in [1.29, 1.82) is 0 Å². The average molecular weight is 1190 g/mol. The van der Waals surface area contributed by atoms with Crippen LogP contribution in [0.2, 0.25) is 0 Å². The number of amides is 3. The molecule has 30 nitrogen and oxygen atoms in total. The lowest BCUT2D eigenvalue weighted by molar-refractivity contribution is -0.117. The monoisotopic (exact) mass is 1190 g/mol. The van der Waals surface area contributed by atoms with Crippen LogP contribution in [0.4, 0.5) is 21.8 Å². The number of hydrogen-bond donors (Lipinski definition) is 3. The van der Waals surface area contributed by atoms with Gasteiger partial charge in [-0.25, -0.2) is 38.7 Å². The Bertz CT molecular complexity index is 4800. The number of rotatable bonds is 12. The fourth-order valence-corrected chi connectivity index (χ4v) is 9.05. The van der Waals surface area contributed by atoms with Crippen LogP contribution >= 0.6 is 0 Å². The minimum Gasteiger partial charge on any atom is -0.315 e. The highest BCUT2D eigenvalue weighted by Crippen LogP contribution is 2.20. The van der Waals surface area contributed by atoms with Crippen LogP contribution in [-0.2, 0) is 76.3 Å². The van der Waals surface area contributed by atoms with Crippen molar-refractivity contribution >= 4 is 68.7 Å². The molecule has 0 fully saturated rings. The zero-order valence-corrected chi connectivity index (χ0v) is 47.5. The van der Waals surface area contributed by atoms with Crippen molar-refractivity contribution in [1.82, 2.24) is 86.4 Å². The summed E-state index contributed by atoms with van der Waals surface area (Å²) in [7, 11) is 8.67. The van der Waals surface area contributed by atoms with E-state index in [1.165, 1.54) is 101 Å². The van der Waals surface area contributed by atoms with E-state index >= 15 is 0 Å². The molecule has 0 unspecified atom stereocenters. The number of imidazole rings is 3. The lowest BCUT2D eigenvalue weighted by atomic mass is 10.1. The van der Waals surface area contributed by atoms with Crippen LogP contribution in [0.25, 0.3) is 67.3 Å². The fraction of sp³-hybridized carbons (Fsp3) is 0.158. The van der Waals surface area contributed by atoms with Gasteiger partial charge < -0.3 is 29.7 Å². The molecule has 88 heavy (non-hydrogen) atoms. The van der Waals surface area contributed by atoms with Crippen LogP contribution in [0, 0.1) is 5.82 Å². The number of nitrogens with one attached hydrogen (secondary N) is 3. The largest absolute Gasteiger partial charge is 0.332 e. The van der Waals surface area contributed by atoms with Crippen LogP contribution < -0.4 is 49.7 Å². The summed E-state index contributed by atoms with van der Waals surface area (Å²) in [5.41, 5.74) is 2.56. The standard InChI is InChI=1S/C19H16FN7O3.2C19H17N7O3/c1-25-17-16(18(29)26(2)19(25)30)27(10-21-17)9-15(28)22-14-8-7-13(23-24-14)11-3-5-12(20)6-4-11;1-24-17-16(18(28)25(2)19(24)29)26(11-22-17)10-15(27)23-14-7-6-12(9-21-14)13-5-3-4-8-20-13;1-24-17-16(18(28)25(2)19(24)29)26(11-20-17)10-15(27)21-14-9-8-13(22-23-14)12-6-4-3-5-7-12/h3-8,10H,9H2,1-2H3,(H,22,24,28);2*3-9,11H,10H2,1-2H3,(H,21,23,27). The normalized spacial score (nSPS) is 11.0. The van der Waals surface area contributed by atoms with Crippen molar-refractivity contribution in [3.8, 4) is 33.8 Å². The average Bonchev–Trinajstić information content (AvgIpc) is 3.03. The quantitative estimate of drug-likeness (QED) is 0.157. The molecule has 10 heterocycles. The third-order valence-corrected chi connectivity index (χ3v) is 13.7. The van der Waals surface area contributed by atoms with Gasteiger partial charge in [0.05, 0.1) is 36.1 Å². The first kappa shape index (κ1) is 58.9. The zero-order valence-electron chi connectivity index (χ0n) is 47.5. The number of aryl methyl sites for hydroxylation is 3. The summed E-state index contributed by atoms with van der Waals surface area (Å²) >= 11 is 0. The Morgan fingerprint density at radius 2 is 0.773 bits per heavy atom. The number of pyridine rings is 2. The Morgan fingerprint density at radius 3 is 1.15 bits per heavy atom. The van der Waals surface area contributed by atoms with Crippen LogP contribution in [0.3, 0.4) is 0 Å². The Labute approximate surface area is 492 Å². The molecule has 12 rings (SSSR count). The topological polar surface area (TPSA) is 350 Å². The molecule has 0 aliphatic carbocycles. The molecule has 2 aromatic carbocycles. The summed E-state index contributed by atoms with van der Waals surface area (Å²) in [6.07, 6.45) is 7.36. The van der Waals surface area contributed by atoms with Crippen molar-refractivity contribution < 1.29 is 18.8 Å². The Morgan fingerprint density at radius 1 is 0.386 bits per heavy atom. The number of benzene rings is 2. The molecule has 0 saturated heterocycles. The first-order chi connectivity index (χ1) is 42.3. The molecule has 0 spiro atoms. The van der Waals surface area contributed by atoms with Gasteiger partial charge in [-0.2, -0.15) is 0 Å². The molecule has 12 aromatic rings. The minimum absolute atomic E-state index is 0.145. The van der Waals surface area contributed by atoms with Crippen LogP contribution in [0.15, 0.2) is 169 Å². The molecular weight excluding hydrogens is 1140 g/mol. The maximum absolute atomic E-state index is 13.0. The van der Waals surface area contributed by atoms with E-state index in [2.05, 4.69) is 61.3 Å². The lowest BCUT2D eigenvalue weighted by Crippen LogP contribution is -2.37. The van der Waals surface area contributed by atoms with Gasteiger partial charge in [0.2, 0.25) is 17.7 Å². The maximum Gasteiger partial charge on any atom is 0.332 e. The molecule has 0 aliphatic heterocycles. The molecule has 3 N–H and O–H groups in total. The Hall–Kier alpha value is -12.3. The van der Waals surface area contributed by atoms with Gasteiger partial charge in [-0.15, -0.1) is 20.4 Å². The molecule has 0 aliphatic rings. The highest BCUT2D eigenvalue weighted by atomic mass is 19.1. The second kappa shape index (κ2) is 24.9. The number of nitrogens with zero attached hydrogens (tertiary/aromatic N) is 18. The van der Waals surface area contributed by atoms with Crippen LogP contribution in [0.5, 0.6) is 0 Å². The van der Waals surface area contributed by atoms with Crippen molar-refractivity contribution in [2.24, 2.45) is 42.3 Å². The zero-order chi connectivity index (χ0) is 62.5. The summed E-state index contributed by atoms with van der Waals surface area (Å²) in [6, 6.07) is 31.1. The Balaban J connectivity index is 0.000000146. The molecule has 0 bridgehead atoms. The van der Waals surface area contributed by atoms with E-state index in [1.807, 2.05) is 54.6 Å². The Kier molecular flexibility index (Phi) is 16.6. The summed E-state index contributed by atoms with van der Waals surface area (Å²) < 4.78 is 23.9. The smallest absolute Gasteiger partial charge is 0.315 e. The van der Waals surface area contributed by atoms with Crippen molar-refractivity contribution in [3.63, 3.8) is 0 Å².